The van der Waals surface area contributed by atoms with E-state index in [1.807, 2.05) is 0 Å². The summed E-state index contributed by atoms with van der Waals surface area (Å²) in [6, 6.07) is 1.63. The Labute approximate surface area is 147 Å². The summed E-state index contributed by atoms with van der Waals surface area (Å²) in [6.07, 6.45) is 0.385. The number of carboxylic acid groups (broad SMARTS) is 1. The second-order valence-electron chi connectivity index (χ2n) is 5.55. The average molecular weight is 363 g/mol. The molecule has 2 rings (SSSR count). The Bertz CT molecular complexity index is 860. The maximum absolute atomic E-state index is 12.4. The Kier molecular flexibility index (Phi) is 5.48. The molecule has 0 spiro atoms. The van der Waals surface area contributed by atoms with Crippen molar-refractivity contribution < 1.29 is 19.6 Å². The number of carbonyl (C=O) groups is 2. The molecule has 1 heterocycles. The Balaban J connectivity index is 2.11. The largest absolute Gasteiger partial charge is 0.476 e. The highest BCUT2D eigenvalue weighted by atomic mass is 32.1. The quantitative estimate of drug-likeness (QED) is 0.601. The molecule has 0 radical (unpaired) electrons. The number of nitro benzene ring substituents is 1. The lowest BCUT2D eigenvalue weighted by Gasteiger charge is -2.12. The maximum atomic E-state index is 12.4. The molecule has 0 aliphatic carbocycles. The fourth-order valence-electron chi connectivity index (χ4n) is 2.70. The van der Waals surface area contributed by atoms with Crippen LogP contribution in [0.5, 0.6) is 0 Å². The molecule has 0 saturated heterocycles. The van der Waals surface area contributed by atoms with Gasteiger partial charge in [-0.25, -0.2) is 9.78 Å². The van der Waals surface area contributed by atoms with Gasteiger partial charge in [0, 0.05) is 29.5 Å². The van der Waals surface area contributed by atoms with Crippen LogP contribution in [0.3, 0.4) is 0 Å². The third-order valence-corrected chi connectivity index (χ3v) is 4.64. The minimum atomic E-state index is -1.09. The van der Waals surface area contributed by atoms with Gasteiger partial charge in [0.05, 0.1) is 15.5 Å². The van der Waals surface area contributed by atoms with Crippen molar-refractivity contribution in [3.8, 4) is 0 Å². The number of carboxylic acids is 1. The van der Waals surface area contributed by atoms with Crippen LogP contribution in [-0.2, 0) is 6.42 Å². The summed E-state index contributed by atoms with van der Waals surface area (Å²) in [7, 11) is 0. The van der Waals surface area contributed by atoms with Crippen molar-refractivity contribution >= 4 is 28.9 Å². The van der Waals surface area contributed by atoms with Gasteiger partial charge in [0.2, 0.25) is 0 Å². The highest BCUT2D eigenvalue weighted by Gasteiger charge is 2.23. The molecule has 0 aliphatic heterocycles. The van der Waals surface area contributed by atoms with Crippen molar-refractivity contribution in [2.75, 3.05) is 6.54 Å². The maximum Gasteiger partial charge on any atom is 0.355 e. The lowest BCUT2D eigenvalue weighted by atomic mass is 9.97. The van der Waals surface area contributed by atoms with Gasteiger partial charge in [-0.15, -0.1) is 11.3 Å². The first kappa shape index (κ1) is 18.5. The zero-order valence-corrected chi connectivity index (χ0v) is 14.8. The number of carbonyl (C=O) groups excluding carboxylic acids is 1. The predicted octanol–water partition coefficient (Wildman–Crippen LogP) is 2.65. The average Bonchev–Trinajstić information content (AvgIpc) is 2.95. The lowest BCUT2D eigenvalue weighted by molar-refractivity contribution is -0.386. The van der Waals surface area contributed by atoms with E-state index in [0.717, 1.165) is 0 Å². The van der Waals surface area contributed by atoms with E-state index in [1.54, 1.807) is 26.8 Å². The second kappa shape index (κ2) is 7.39. The first-order valence-electron chi connectivity index (χ1n) is 7.43. The van der Waals surface area contributed by atoms with Gasteiger partial charge in [0.1, 0.15) is 0 Å². The van der Waals surface area contributed by atoms with Crippen LogP contribution < -0.4 is 5.32 Å². The van der Waals surface area contributed by atoms with Crippen molar-refractivity contribution in [1.29, 1.82) is 0 Å². The van der Waals surface area contributed by atoms with Gasteiger partial charge in [0.25, 0.3) is 11.6 Å². The van der Waals surface area contributed by atoms with Crippen LogP contribution in [0.4, 0.5) is 5.69 Å². The van der Waals surface area contributed by atoms with Crippen molar-refractivity contribution in [3.05, 3.63) is 54.5 Å². The molecule has 1 aromatic heterocycles. The summed E-state index contributed by atoms with van der Waals surface area (Å²) in [4.78, 5) is 37.9. The first-order chi connectivity index (χ1) is 11.7. The number of aromatic carboxylic acids is 1. The van der Waals surface area contributed by atoms with Crippen LogP contribution in [0.15, 0.2) is 11.4 Å². The van der Waals surface area contributed by atoms with Gasteiger partial charge in [-0.2, -0.15) is 0 Å². The number of hydrogen-bond donors (Lipinski definition) is 2. The Morgan fingerprint density at radius 3 is 2.56 bits per heavy atom. The molecule has 0 bridgehead atoms. The number of nitrogens with zero attached hydrogens (tertiary/aromatic N) is 2. The smallest absolute Gasteiger partial charge is 0.355 e. The first-order valence-corrected chi connectivity index (χ1v) is 8.31. The lowest BCUT2D eigenvalue weighted by Crippen LogP contribution is -2.27. The molecule has 9 heteroatoms. The van der Waals surface area contributed by atoms with Gasteiger partial charge < -0.3 is 10.4 Å². The molecule has 0 unspecified atom stereocenters. The number of aromatic nitrogens is 1. The van der Waals surface area contributed by atoms with Crippen molar-refractivity contribution in [2.24, 2.45) is 0 Å². The number of nitro groups is 1. The van der Waals surface area contributed by atoms with E-state index in [0.29, 0.717) is 33.7 Å². The van der Waals surface area contributed by atoms with E-state index < -0.39 is 16.8 Å². The van der Waals surface area contributed by atoms with Crippen LogP contribution in [0.25, 0.3) is 0 Å². The van der Waals surface area contributed by atoms with Crippen LogP contribution in [0, 0.1) is 30.9 Å². The topological polar surface area (TPSA) is 122 Å². The third kappa shape index (κ3) is 4.00. The van der Waals surface area contributed by atoms with E-state index in [9.17, 15) is 19.7 Å². The zero-order chi connectivity index (χ0) is 18.7. The van der Waals surface area contributed by atoms with E-state index in [2.05, 4.69) is 10.3 Å². The summed E-state index contributed by atoms with van der Waals surface area (Å²) in [6.45, 7) is 5.19. The van der Waals surface area contributed by atoms with E-state index in [1.165, 1.54) is 16.7 Å². The van der Waals surface area contributed by atoms with Crippen LogP contribution in [0.1, 0.15) is 42.5 Å². The molecular formula is C16H17N3O5S. The summed E-state index contributed by atoms with van der Waals surface area (Å²) < 4.78 is 0. The Morgan fingerprint density at radius 1 is 1.32 bits per heavy atom. The molecule has 1 amide bonds. The molecule has 0 saturated carbocycles. The molecular weight excluding hydrogens is 346 g/mol. The minimum absolute atomic E-state index is 0.0211. The summed E-state index contributed by atoms with van der Waals surface area (Å²) in [5.41, 5.74) is 1.74. The number of nitrogens with one attached hydrogen (secondary N) is 1. The monoisotopic (exact) mass is 363 g/mol. The van der Waals surface area contributed by atoms with Crippen LogP contribution in [-0.4, -0.2) is 33.4 Å². The van der Waals surface area contributed by atoms with E-state index in [-0.39, 0.29) is 17.9 Å². The number of benzene rings is 1. The summed E-state index contributed by atoms with van der Waals surface area (Å²) in [5, 5.41) is 24.8. The molecule has 1 aromatic carbocycles. The molecule has 0 fully saturated rings. The number of rotatable bonds is 6. The molecule has 132 valence electrons. The molecule has 8 nitrogen and oxygen atoms in total. The number of aryl methyl sites for hydroxylation is 2. The van der Waals surface area contributed by atoms with Gasteiger partial charge in [-0.3, -0.25) is 14.9 Å². The van der Waals surface area contributed by atoms with Gasteiger partial charge in [0.15, 0.2) is 5.69 Å². The highest BCUT2D eigenvalue weighted by molar-refractivity contribution is 7.09. The normalized spacial score (nSPS) is 10.5. The van der Waals surface area contributed by atoms with Crippen LogP contribution in [0.2, 0.25) is 0 Å². The van der Waals surface area contributed by atoms with Crippen molar-refractivity contribution in [1.82, 2.24) is 10.3 Å². The molecule has 2 N–H and O–H groups in total. The van der Waals surface area contributed by atoms with Crippen molar-refractivity contribution in [2.45, 2.75) is 27.2 Å². The molecule has 0 aliphatic rings. The predicted molar refractivity (Wildman–Crippen MR) is 92.4 cm³/mol. The van der Waals surface area contributed by atoms with Crippen molar-refractivity contribution in [3.63, 3.8) is 0 Å². The van der Waals surface area contributed by atoms with Gasteiger partial charge in [-0.05, 0) is 32.4 Å². The number of hydrogen-bond acceptors (Lipinski definition) is 6. The Hall–Kier alpha value is -2.81. The zero-order valence-electron chi connectivity index (χ0n) is 14.0. The van der Waals surface area contributed by atoms with Gasteiger partial charge >= 0.3 is 5.97 Å². The summed E-state index contributed by atoms with van der Waals surface area (Å²) in [5.74, 6) is -1.49. The highest BCUT2D eigenvalue weighted by Crippen LogP contribution is 2.28. The summed E-state index contributed by atoms with van der Waals surface area (Å²) >= 11 is 1.21. The second-order valence-corrected chi connectivity index (χ2v) is 6.50. The molecule has 2 aromatic rings. The Morgan fingerprint density at radius 2 is 2.00 bits per heavy atom. The standard InChI is InChI=1S/C16H17N3O5S/c1-8-6-9(2)14(19(23)24)10(3)13(8)15(20)17-5-4-12-18-11(7-25-12)16(21)22/h6-7H,4-5H2,1-3H3,(H,17,20)(H,21,22). The number of thiazole rings is 1. The fourth-order valence-corrected chi connectivity index (χ4v) is 3.47. The van der Waals surface area contributed by atoms with E-state index >= 15 is 0 Å². The fraction of sp³-hybridized carbons (Fsp3) is 0.312. The third-order valence-electron chi connectivity index (χ3n) is 3.74. The number of amides is 1. The molecule has 0 atom stereocenters. The van der Waals surface area contributed by atoms with E-state index in [4.69, 9.17) is 5.11 Å². The molecule has 25 heavy (non-hydrogen) atoms. The minimum Gasteiger partial charge on any atom is -0.476 e. The SMILES string of the molecule is Cc1cc(C)c([N+](=O)[O-])c(C)c1C(=O)NCCc1nc(C(=O)O)cs1. The van der Waals surface area contributed by atoms with Gasteiger partial charge in [-0.1, -0.05) is 0 Å². The van der Waals surface area contributed by atoms with Crippen LogP contribution >= 0.6 is 11.3 Å².